The van der Waals surface area contributed by atoms with Gasteiger partial charge in [0.15, 0.2) is 6.61 Å². The first-order valence-corrected chi connectivity index (χ1v) is 9.34. The smallest absolute Gasteiger partial charge is 0.350 e. The van der Waals surface area contributed by atoms with Crippen molar-refractivity contribution in [1.29, 1.82) is 0 Å². The molecule has 0 fully saturated rings. The van der Waals surface area contributed by atoms with E-state index in [-0.39, 0.29) is 18.6 Å². The van der Waals surface area contributed by atoms with Gasteiger partial charge in [-0.25, -0.2) is 9.78 Å². The van der Waals surface area contributed by atoms with E-state index in [9.17, 15) is 9.59 Å². The van der Waals surface area contributed by atoms with E-state index >= 15 is 0 Å². The Labute approximate surface area is 157 Å². The zero-order valence-electron chi connectivity index (χ0n) is 15.5. The number of carbonyl (C=O) groups excluding carboxylic acids is 2. The van der Waals surface area contributed by atoms with Crippen LogP contribution in [-0.4, -0.2) is 36.6 Å². The normalized spacial score (nSPS) is 11.7. The van der Waals surface area contributed by atoms with Crippen LogP contribution in [0.25, 0.3) is 10.6 Å². The number of esters is 1. The van der Waals surface area contributed by atoms with Crippen molar-refractivity contribution < 1.29 is 19.1 Å². The predicted octanol–water partition coefficient (Wildman–Crippen LogP) is 3.59. The molecule has 0 unspecified atom stereocenters. The fourth-order valence-electron chi connectivity index (χ4n) is 2.46. The quantitative estimate of drug-likeness (QED) is 0.713. The second kappa shape index (κ2) is 9.33. The van der Waals surface area contributed by atoms with E-state index in [1.165, 1.54) is 11.3 Å². The number of rotatable bonds is 8. The molecule has 1 heterocycles. The average Bonchev–Trinajstić information content (AvgIpc) is 3.01. The first-order valence-electron chi connectivity index (χ1n) is 8.53. The van der Waals surface area contributed by atoms with E-state index in [2.05, 4.69) is 17.2 Å². The highest BCUT2D eigenvalue weighted by molar-refractivity contribution is 7.17. The second-order valence-corrected chi connectivity index (χ2v) is 6.99. The maximum absolute atomic E-state index is 12.3. The summed E-state index contributed by atoms with van der Waals surface area (Å²) in [5.41, 5.74) is 1.48. The first kappa shape index (κ1) is 19.9. The third-order valence-electron chi connectivity index (χ3n) is 3.78. The van der Waals surface area contributed by atoms with Crippen LogP contribution < -0.4 is 10.1 Å². The van der Waals surface area contributed by atoms with Gasteiger partial charge in [-0.05, 0) is 44.5 Å². The summed E-state index contributed by atoms with van der Waals surface area (Å²) in [5.74, 6) is -0.0696. The van der Waals surface area contributed by atoms with Crippen molar-refractivity contribution in [2.75, 3.05) is 13.7 Å². The number of ether oxygens (including phenoxy) is 2. The van der Waals surface area contributed by atoms with Gasteiger partial charge >= 0.3 is 5.97 Å². The van der Waals surface area contributed by atoms with E-state index < -0.39 is 5.97 Å². The SMILES string of the molecule is CCC[C@@H](C)NC(=O)COC(=O)c1sc(-c2ccc(OC)cc2)nc1C. The molecule has 0 aliphatic heterocycles. The fraction of sp³-hybridized carbons (Fsp3) is 0.421. The summed E-state index contributed by atoms with van der Waals surface area (Å²) in [6.07, 6.45) is 1.87. The molecule has 0 aliphatic carbocycles. The van der Waals surface area contributed by atoms with Gasteiger partial charge in [0.1, 0.15) is 15.6 Å². The van der Waals surface area contributed by atoms with E-state index in [1.807, 2.05) is 31.2 Å². The lowest BCUT2D eigenvalue weighted by molar-refractivity contribution is -0.124. The summed E-state index contributed by atoms with van der Waals surface area (Å²) in [7, 11) is 1.61. The zero-order chi connectivity index (χ0) is 19.1. The molecule has 2 rings (SSSR count). The Morgan fingerprint density at radius 3 is 2.58 bits per heavy atom. The summed E-state index contributed by atoms with van der Waals surface area (Å²) < 4.78 is 10.3. The molecule has 6 nitrogen and oxygen atoms in total. The van der Waals surface area contributed by atoms with Crippen LogP contribution in [0.5, 0.6) is 5.75 Å². The minimum Gasteiger partial charge on any atom is -0.497 e. The Morgan fingerprint density at radius 1 is 1.27 bits per heavy atom. The molecule has 0 spiro atoms. The molecular weight excluding hydrogens is 352 g/mol. The summed E-state index contributed by atoms with van der Waals surface area (Å²) >= 11 is 1.25. The lowest BCUT2D eigenvalue weighted by Gasteiger charge is -2.12. The van der Waals surface area contributed by atoms with Crippen molar-refractivity contribution in [3.8, 4) is 16.3 Å². The van der Waals surface area contributed by atoms with Crippen LogP contribution in [-0.2, 0) is 9.53 Å². The number of aryl methyl sites for hydroxylation is 1. The second-order valence-electron chi connectivity index (χ2n) is 6.00. The number of nitrogens with one attached hydrogen (secondary N) is 1. The molecule has 0 saturated carbocycles. The van der Waals surface area contributed by atoms with Crippen LogP contribution in [0.1, 0.15) is 42.1 Å². The standard InChI is InChI=1S/C19H24N2O4S/c1-5-6-12(2)20-16(22)11-25-19(23)17-13(3)21-18(26-17)14-7-9-15(24-4)10-8-14/h7-10,12H,5-6,11H2,1-4H3,(H,20,22)/t12-/m1/s1. The number of amides is 1. The average molecular weight is 376 g/mol. The van der Waals surface area contributed by atoms with Crippen LogP contribution >= 0.6 is 11.3 Å². The van der Waals surface area contributed by atoms with Gasteiger partial charge in [-0.3, -0.25) is 4.79 Å². The predicted molar refractivity (Wildman–Crippen MR) is 102 cm³/mol. The first-order chi connectivity index (χ1) is 12.4. The largest absolute Gasteiger partial charge is 0.497 e. The van der Waals surface area contributed by atoms with Gasteiger partial charge in [0, 0.05) is 11.6 Å². The summed E-state index contributed by atoms with van der Waals surface area (Å²) in [4.78, 5) is 28.9. The summed E-state index contributed by atoms with van der Waals surface area (Å²) in [6.45, 7) is 5.44. The van der Waals surface area contributed by atoms with Gasteiger partial charge in [0.25, 0.3) is 5.91 Å². The van der Waals surface area contributed by atoms with E-state index in [0.717, 1.165) is 29.2 Å². The van der Waals surface area contributed by atoms with Crippen molar-refractivity contribution in [3.63, 3.8) is 0 Å². The molecule has 26 heavy (non-hydrogen) atoms. The Morgan fingerprint density at radius 2 is 1.96 bits per heavy atom. The number of thiazole rings is 1. The Kier molecular flexibility index (Phi) is 7.15. The Hall–Kier alpha value is -2.41. The molecule has 140 valence electrons. The highest BCUT2D eigenvalue weighted by Gasteiger charge is 2.19. The monoisotopic (exact) mass is 376 g/mol. The molecular formula is C19H24N2O4S. The number of nitrogens with zero attached hydrogens (tertiary/aromatic N) is 1. The van der Waals surface area contributed by atoms with Gasteiger partial charge in [-0.2, -0.15) is 0 Å². The minimum absolute atomic E-state index is 0.0676. The van der Waals surface area contributed by atoms with Gasteiger partial charge < -0.3 is 14.8 Å². The number of carbonyl (C=O) groups is 2. The summed E-state index contributed by atoms with van der Waals surface area (Å²) in [5, 5.41) is 3.52. The van der Waals surface area contributed by atoms with Crippen molar-refractivity contribution in [2.45, 2.75) is 39.7 Å². The minimum atomic E-state index is -0.530. The molecule has 1 aromatic carbocycles. The molecule has 1 N–H and O–H groups in total. The van der Waals surface area contributed by atoms with Crippen LogP contribution in [0.15, 0.2) is 24.3 Å². The van der Waals surface area contributed by atoms with Crippen molar-refractivity contribution in [1.82, 2.24) is 10.3 Å². The maximum atomic E-state index is 12.3. The van der Waals surface area contributed by atoms with Gasteiger partial charge in [0.05, 0.1) is 12.8 Å². The number of hydrogen-bond donors (Lipinski definition) is 1. The number of benzene rings is 1. The Bertz CT molecular complexity index is 755. The molecule has 1 atom stereocenters. The van der Waals surface area contributed by atoms with E-state index in [4.69, 9.17) is 9.47 Å². The molecule has 0 radical (unpaired) electrons. The van der Waals surface area contributed by atoms with Crippen molar-refractivity contribution in [3.05, 3.63) is 34.8 Å². The molecule has 2 aromatic rings. The zero-order valence-corrected chi connectivity index (χ0v) is 16.3. The number of methoxy groups -OCH3 is 1. The molecule has 1 amide bonds. The molecule has 0 aliphatic rings. The molecule has 1 aromatic heterocycles. The highest BCUT2D eigenvalue weighted by Crippen LogP contribution is 2.29. The van der Waals surface area contributed by atoms with Gasteiger partial charge in [0.2, 0.25) is 0 Å². The third-order valence-corrected chi connectivity index (χ3v) is 4.97. The van der Waals surface area contributed by atoms with Gasteiger partial charge in [-0.1, -0.05) is 13.3 Å². The highest BCUT2D eigenvalue weighted by atomic mass is 32.1. The van der Waals surface area contributed by atoms with E-state index in [1.54, 1.807) is 14.0 Å². The third kappa shape index (κ3) is 5.29. The van der Waals surface area contributed by atoms with Gasteiger partial charge in [-0.15, -0.1) is 11.3 Å². The van der Waals surface area contributed by atoms with Crippen molar-refractivity contribution in [2.24, 2.45) is 0 Å². The Balaban J connectivity index is 1.99. The topological polar surface area (TPSA) is 77.5 Å². The molecule has 0 saturated heterocycles. The van der Waals surface area contributed by atoms with E-state index in [0.29, 0.717) is 10.6 Å². The molecule has 0 bridgehead atoms. The van der Waals surface area contributed by atoms with Crippen LogP contribution in [0.3, 0.4) is 0 Å². The van der Waals surface area contributed by atoms with Crippen molar-refractivity contribution >= 4 is 23.2 Å². The van der Waals surface area contributed by atoms with Crippen LogP contribution in [0.2, 0.25) is 0 Å². The fourth-order valence-corrected chi connectivity index (χ4v) is 3.43. The maximum Gasteiger partial charge on any atom is 0.350 e. The number of hydrogen-bond acceptors (Lipinski definition) is 6. The number of aromatic nitrogens is 1. The molecule has 7 heteroatoms. The summed E-state index contributed by atoms with van der Waals surface area (Å²) in [6, 6.07) is 7.51. The van der Waals surface area contributed by atoms with Crippen LogP contribution in [0.4, 0.5) is 0 Å². The van der Waals surface area contributed by atoms with Crippen LogP contribution in [0, 0.1) is 6.92 Å². The lowest BCUT2D eigenvalue weighted by Crippen LogP contribution is -2.35. The lowest BCUT2D eigenvalue weighted by atomic mass is 10.2.